The molecule has 15 fully saturated rings. The van der Waals surface area contributed by atoms with Crippen molar-refractivity contribution in [3.8, 4) is 0 Å². The van der Waals surface area contributed by atoms with Gasteiger partial charge in [0.1, 0.15) is 114 Å². The number of hydrogen-bond acceptors (Lipinski definition) is 23. The zero-order valence-electron chi connectivity index (χ0n) is 55.8. The first-order chi connectivity index (χ1) is 43.1. The Morgan fingerprint density at radius 3 is 1.25 bits per heavy atom. The van der Waals surface area contributed by atoms with Crippen LogP contribution in [0.25, 0.3) is 0 Å². The van der Waals surface area contributed by atoms with E-state index in [1.54, 1.807) is 18.7 Å². The van der Waals surface area contributed by atoms with Crippen LogP contribution in [0.4, 0.5) is 0 Å². The van der Waals surface area contributed by atoms with E-state index in [2.05, 4.69) is 61.6 Å². The first-order valence-electron chi connectivity index (χ1n) is 34.1. The van der Waals surface area contributed by atoms with E-state index in [-0.39, 0.29) is 201 Å². The zero-order valence-corrected chi connectivity index (χ0v) is 61.5. The van der Waals surface area contributed by atoms with Gasteiger partial charge in [-0.2, -0.15) is 0 Å². The Hall–Kier alpha value is -0.390. The molecule has 29 atom stereocenters. The van der Waals surface area contributed by atoms with Gasteiger partial charge in [-0.05, 0) is 129 Å². The maximum atomic E-state index is 12.3. The molecule has 9 aliphatic carbocycles. The second-order valence-corrected chi connectivity index (χ2v) is 34.5. The van der Waals surface area contributed by atoms with Gasteiger partial charge in [-0.25, -0.2) is 14.4 Å². The van der Waals surface area contributed by atoms with Crippen molar-refractivity contribution < 1.29 is 164 Å². The third-order valence-corrected chi connectivity index (χ3v) is 30.4. The van der Waals surface area contributed by atoms with Gasteiger partial charge in [0.05, 0.1) is 26.1 Å². The van der Waals surface area contributed by atoms with Crippen molar-refractivity contribution >= 4 is 37.5 Å². The Morgan fingerprint density at radius 1 is 0.527 bits per heavy atom. The summed E-state index contributed by atoms with van der Waals surface area (Å²) in [6.07, 6.45) is 7.25. The van der Waals surface area contributed by atoms with E-state index in [1.165, 1.54) is 5.57 Å². The molecule has 12 heterocycles. The van der Waals surface area contributed by atoms with E-state index in [0.717, 1.165) is 79.2 Å². The van der Waals surface area contributed by atoms with Crippen LogP contribution in [0, 0.1) is 51.8 Å². The van der Waals surface area contributed by atoms with Crippen LogP contribution in [0.15, 0.2) is 33.4 Å². The smallest absolute Gasteiger partial charge is 0.790 e. The molecule has 2 unspecified atom stereocenters. The van der Waals surface area contributed by atoms with Crippen molar-refractivity contribution in [2.75, 3.05) is 26.1 Å². The zero-order chi connectivity index (χ0) is 63.5. The molecule has 21 rings (SSSR count). The van der Waals surface area contributed by atoms with Gasteiger partial charge in [0, 0.05) is 33.0 Å². The normalized spacial score (nSPS) is 55.5. The second-order valence-electron chi connectivity index (χ2n) is 32.4. The minimum atomic E-state index is -5.25. The fraction of sp³-hybridized carbons (Fsp3) is 0.866. The monoisotopic (exact) mass is 1350 g/mol. The van der Waals surface area contributed by atoms with E-state index in [0.29, 0.717) is 38.6 Å². The van der Waals surface area contributed by atoms with Gasteiger partial charge in [0.2, 0.25) is 0 Å². The van der Waals surface area contributed by atoms with E-state index in [4.69, 9.17) is 70.8 Å². The third-order valence-electron chi connectivity index (χ3n) is 29.0. The minimum Gasteiger partial charge on any atom is -0.790 e. The van der Waals surface area contributed by atoms with E-state index in [9.17, 15) is 33.8 Å². The Balaban J connectivity index is 0.000000106. The molecule has 21 aliphatic rings. The molecule has 26 heteroatoms. The molecule has 0 aromatic carbocycles. The molecule has 0 amide bonds. The number of aliphatic hydroxyl groups is 1. The third kappa shape index (κ3) is 7.25. The minimum absolute atomic E-state index is 0. The van der Waals surface area contributed by atoms with Crippen molar-refractivity contribution in [2.45, 2.75) is 282 Å². The number of carbonyl (C=O) groups is 3. The topological polar surface area (TPSA) is 303 Å². The van der Waals surface area contributed by atoms with Crippen LogP contribution in [0.1, 0.15) is 147 Å². The predicted molar refractivity (Wildman–Crippen MR) is 309 cm³/mol. The Bertz CT molecular complexity index is 3520. The van der Waals surface area contributed by atoms with Gasteiger partial charge in [-0.15, -0.1) is 11.8 Å². The van der Waals surface area contributed by atoms with Gasteiger partial charge in [0.15, 0.2) is 23.1 Å². The van der Waals surface area contributed by atoms with Crippen molar-refractivity contribution in [1.82, 2.24) is 0 Å². The Morgan fingerprint density at radius 2 is 0.882 bits per heavy atom. The van der Waals surface area contributed by atoms with Gasteiger partial charge < -0.3 is 90.3 Å². The van der Waals surface area contributed by atoms with Crippen molar-refractivity contribution in [3.05, 3.63) is 33.4 Å². The van der Waals surface area contributed by atoms with Crippen LogP contribution < -0.4 is 68.9 Å². The van der Waals surface area contributed by atoms with Gasteiger partial charge in [-0.3, -0.25) is 0 Å². The number of esters is 3. The molecular weight excluding hydrogens is 1270 g/mol. The maximum absolute atomic E-state index is 12.3. The number of ether oxygens (including phenoxy) is 14. The van der Waals surface area contributed by atoms with Crippen molar-refractivity contribution in [2.24, 2.45) is 51.8 Å². The van der Waals surface area contributed by atoms with Crippen LogP contribution in [0.5, 0.6) is 0 Å². The standard InChI is InChI=1S/C24H32O6S.C23H31O10P.C20H24O6.2Na/c1-6-16(31-5)27-20-22(11(2)3)17(29-22)18-24(30-18)21(4)8-7-12-13(10-26-19(12)25)14(21)9-15-23(20,24)28-15;1-5-15(33-34(25,26)27)29-19-21(10(2)3)16(31-21)17-23(32-17)20(4)7-6-11-12(9-28-18(11)24)13(20)8-14-22(19,23)30-14;1-8(2)18-13(25-18)14-20(26-14)17(3)5-4-9-10(7-23-15(9)21)11(17)6-12-19(20,24-12)16(18)22;;/h11,14-18,20H,6-10H2,1-5H3;10,13-17,19H,5-9H2,1-4H3,(H2,25,26,27);8,11-14,16,22H,4-7H2,1-3H3;;/q;;;2*+1/p-2/t14-,15-,16?,17-,18-,20+,21-,22-,23+,24+;13-,14-,15?,16-,17-,19+,20-,21-,22+,23+;11-,12-,13-,14-,16+,17-,18-,19+,20+;;/m000../s1. The molecule has 6 spiro atoms. The molecule has 93 heavy (non-hydrogen) atoms. The number of fused-ring (bicyclic) bond motifs is 12. The summed E-state index contributed by atoms with van der Waals surface area (Å²) in [7, 11) is -5.25. The number of phosphoric ester groups is 1. The average molecular weight is 1350 g/mol. The largest absolute Gasteiger partial charge is 1.00 e. The van der Waals surface area contributed by atoms with Crippen molar-refractivity contribution in [3.63, 3.8) is 0 Å². The summed E-state index contributed by atoms with van der Waals surface area (Å²) in [6, 6.07) is 0. The summed E-state index contributed by atoms with van der Waals surface area (Å²) >= 11 is 1.76. The molecule has 0 aromatic heterocycles. The first kappa shape index (κ1) is 65.9. The van der Waals surface area contributed by atoms with Gasteiger partial charge in [0.25, 0.3) is 0 Å². The fourth-order valence-corrected chi connectivity index (χ4v) is 25.4. The summed E-state index contributed by atoms with van der Waals surface area (Å²) < 4.78 is 104. The quantitative estimate of drug-likeness (QED) is 0.0615. The number of thioether (sulfide) groups is 1. The van der Waals surface area contributed by atoms with Crippen LogP contribution in [-0.4, -0.2) is 184 Å². The summed E-state index contributed by atoms with van der Waals surface area (Å²) in [5.74, 6) is 0.689. The van der Waals surface area contributed by atoms with E-state index < -0.39 is 71.1 Å². The molecule has 22 nitrogen and oxygen atoms in total. The number of carbonyl (C=O) groups excluding carboxylic acids is 3. The number of epoxide rings is 9. The SMILES string of the molecule is CC(C)[C@]12O[C@H]1[C@@H]1O[C@]13[C@]1(O[C@H]1C[C@H]1C4=C(CC[C@@]13C)C(=O)OC4)[C@@H]2O.CCC(O[C@@H]1[C@@]2(C(C)C)O[C@H]2[C@@H]2O[C@]23[C@]12O[C@H]2C[C@H]1C2=C(CC[C@@]13C)C(=O)OC2)OP(=O)([O-])[O-].CCC(O[C@@H]1[C@@]2(C(C)C)O[C@H]2[C@@H]2O[C@]23[C@]12O[C@H]2C[C@H]1C2=C(CC[C@@]13C)C(=O)OC2)SC.[Na+].[Na+]. The van der Waals surface area contributed by atoms with Crippen LogP contribution in [-0.2, 0) is 89.8 Å². The number of phosphoric acid groups is 1. The number of aliphatic hydroxyl groups excluding tert-OH is 1. The van der Waals surface area contributed by atoms with Crippen LogP contribution in [0.3, 0.4) is 0 Å². The summed E-state index contributed by atoms with van der Waals surface area (Å²) in [4.78, 5) is 59.4. The fourth-order valence-electron chi connectivity index (χ4n) is 24.4. The molecule has 6 saturated carbocycles. The molecular formula is C67H85Na2O22PS. The molecule has 12 aliphatic heterocycles. The first-order valence-corrected chi connectivity index (χ1v) is 36.9. The van der Waals surface area contributed by atoms with E-state index in [1.807, 2.05) is 13.8 Å². The molecule has 0 aromatic rings. The van der Waals surface area contributed by atoms with Crippen molar-refractivity contribution in [1.29, 1.82) is 0 Å². The second kappa shape index (κ2) is 19.9. The Labute approximate surface area is 590 Å². The molecule has 0 bridgehead atoms. The van der Waals surface area contributed by atoms with Crippen LogP contribution >= 0.6 is 19.6 Å². The number of hydrogen-bond donors (Lipinski definition) is 1. The van der Waals surface area contributed by atoms with Gasteiger partial charge >= 0.3 is 77.0 Å². The molecule has 498 valence electrons. The molecule has 0 radical (unpaired) electrons. The average Bonchev–Trinajstić information content (AvgIpc) is 1.43. The summed E-state index contributed by atoms with van der Waals surface area (Å²) in [6.45, 7) is 24.7. The molecule has 9 saturated heterocycles. The van der Waals surface area contributed by atoms with Gasteiger partial charge in [-0.1, -0.05) is 76.2 Å². The molecule has 1 N–H and O–H groups in total. The van der Waals surface area contributed by atoms with Crippen LogP contribution in [0.2, 0.25) is 0 Å². The predicted octanol–water partition coefficient (Wildman–Crippen LogP) is -0.954. The summed E-state index contributed by atoms with van der Waals surface area (Å²) in [5, 5.41) is 11.4. The van der Waals surface area contributed by atoms with E-state index >= 15 is 0 Å². The number of cyclic esters (lactones) is 3. The number of rotatable bonds is 12. The maximum Gasteiger partial charge on any atom is 1.00 e. The Kier molecular flexibility index (Phi) is 14.1. The summed E-state index contributed by atoms with van der Waals surface area (Å²) in [5.41, 5.74) is 0.533.